The molecule has 0 aromatic heterocycles. The standard InChI is InChI=1S/C25H45N4O3.Es/c1-7-19(3)13-11-12-16-27-25(32)28-18-17-26-23(31)15-10-9-14-21(5)24(20(4)8-2)29-22(6)30;/h20-21,24H,1,3,8-18H2,2,4-6H3,(H,26,31)(H,29,30)(H2,27,28,32);/q-1;. The van der Waals surface area contributed by atoms with Crippen LogP contribution in [0.2, 0.25) is 0 Å². The van der Waals surface area contributed by atoms with Gasteiger partial charge < -0.3 is 21.3 Å². The zero-order chi connectivity index (χ0) is 24.4. The molecule has 0 spiro atoms. The van der Waals surface area contributed by atoms with Gasteiger partial charge in [0.1, 0.15) is 0 Å². The number of urea groups is 1. The average Bonchev–Trinajstić information content (AvgIpc) is 2.76. The van der Waals surface area contributed by atoms with Crippen molar-refractivity contribution < 1.29 is 14.4 Å². The van der Waals surface area contributed by atoms with Crippen molar-refractivity contribution in [2.45, 2.75) is 85.1 Å². The van der Waals surface area contributed by atoms with Crippen molar-refractivity contribution in [3.8, 4) is 0 Å². The minimum absolute atomic E-state index is 0. The third kappa shape index (κ3) is 17.0. The number of hydrogen-bond donors (Lipinski definition) is 4. The van der Waals surface area contributed by atoms with E-state index in [0.29, 0.717) is 37.9 Å². The van der Waals surface area contributed by atoms with Gasteiger partial charge in [0.05, 0.1) is 0 Å². The smallest absolute Gasteiger partial charge is 0.314 e. The number of rotatable bonds is 18. The molecule has 1 radical (unpaired) electrons. The first-order chi connectivity index (χ1) is 15.2. The van der Waals surface area contributed by atoms with E-state index in [4.69, 9.17) is 0 Å². The summed E-state index contributed by atoms with van der Waals surface area (Å²) in [5, 5.41) is 11.4. The quantitative estimate of drug-likeness (QED) is 0.0994. The van der Waals surface area contributed by atoms with E-state index in [0.717, 1.165) is 50.5 Å². The molecule has 0 saturated carbocycles. The van der Waals surface area contributed by atoms with Crippen LogP contribution in [0.1, 0.15) is 79.1 Å². The minimum Gasteiger partial charge on any atom is -0.354 e. The van der Waals surface area contributed by atoms with Crippen LogP contribution in [0.5, 0.6) is 0 Å². The van der Waals surface area contributed by atoms with E-state index in [1.165, 1.54) is 0 Å². The van der Waals surface area contributed by atoms with Crippen LogP contribution in [-0.4, -0.2) is 43.5 Å². The van der Waals surface area contributed by atoms with Crippen LogP contribution in [0.3, 0.4) is 0 Å². The molecule has 195 valence electrons. The molecule has 0 heterocycles. The molecule has 8 heteroatoms. The predicted octanol–water partition coefficient (Wildman–Crippen LogP) is 3.86. The number of amides is 4. The van der Waals surface area contributed by atoms with Crippen molar-refractivity contribution in [3.05, 3.63) is 24.8 Å². The molecule has 0 aliphatic carbocycles. The Bertz CT molecular complexity index is 598. The molecular formula is C25H45EsN4O3-. The summed E-state index contributed by atoms with van der Waals surface area (Å²) in [6.07, 6.45) is 9.62. The van der Waals surface area contributed by atoms with Crippen LogP contribution in [0.4, 0.5) is 4.79 Å². The van der Waals surface area contributed by atoms with Crippen LogP contribution in [0.15, 0.2) is 18.7 Å². The van der Waals surface area contributed by atoms with Gasteiger partial charge in [0.15, 0.2) is 0 Å². The van der Waals surface area contributed by atoms with Gasteiger partial charge in [-0.1, -0.05) is 46.5 Å². The Hall–Kier alpha value is -3.31. The maximum absolute atomic E-state index is 12.0. The number of unbranched alkanes of at least 4 members (excludes halogenated alkanes) is 2. The molecule has 33 heavy (non-hydrogen) atoms. The second kappa shape index (κ2) is 19.4. The van der Waals surface area contributed by atoms with Crippen LogP contribution in [0.25, 0.3) is 0 Å². The summed E-state index contributed by atoms with van der Waals surface area (Å²) in [5.74, 6) is 0.813. The monoisotopic (exact) mass is 701 g/mol. The molecule has 4 amide bonds. The first-order valence-corrected chi connectivity index (χ1v) is 12.0. The Morgan fingerprint density at radius 1 is 0.879 bits per heavy atom. The largest absolute Gasteiger partial charge is 0.354 e. The van der Waals surface area contributed by atoms with Gasteiger partial charge in [0.25, 0.3) is 0 Å². The molecule has 7 nitrogen and oxygen atoms in total. The molecule has 3 unspecified atom stereocenters. The van der Waals surface area contributed by atoms with Crippen molar-refractivity contribution >= 4 is 17.8 Å². The van der Waals surface area contributed by atoms with Gasteiger partial charge in [0, 0.05) is 39.0 Å². The maximum Gasteiger partial charge on any atom is 0.314 e. The summed E-state index contributed by atoms with van der Waals surface area (Å²) < 4.78 is 0. The van der Waals surface area contributed by atoms with Crippen molar-refractivity contribution in [3.63, 3.8) is 0 Å². The minimum atomic E-state index is -0.225. The Morgan fingerprint density at radius 2 is 1.48 bits per heavy atom. The van der Waals surface area contributed by atoms with E-state index in [-0.39, 0.29) is 23.9 Å². The fourth-order valence-corrected chi connectivity index (χ4v) is 3.55. The first kappa shape index (κ1) is 31.9. The average molecular weight is 702 g/mol. The first-order valence-electron chi connectivity index (χ1n) is 12.0. The van der Waals surface area contributed by atoms with Crippen molar-refractivity contribution in [2.75, 3.05) is 19.6 Å². The molecule has 0 saturated heterocycles. The summed E-state index contributed by atoms with van der Waals surface area (Å²) >= 11 is 0. The summed E-state index contributed by atoms with van der Waals surface area (Å²) in [5.41, 5.74) is 0.889. The molecular weight excluding hydrogens is 656 g/mol. The number of allylic oxidation sites excluding steroid dienone is 2. The van der Waals surface area contributed by atoms with E-state index < -0.39 is 0 Å². The van der Waals surface area contributed by atoms with Crippen LogP contribution in [0, 0.1) is 17.9 Å². The van der Waals surface area contributed by atoms with Crippen LogP contribution >= 0.6 is 0 Å². The van der Waals surface area contributed by atoms with Gasteiger partial charge >= 0.3 is 6.03 Å². The molecule has 0 bridgehead atoms. The normalized spacial score (nSPS) is 13.0. The molecule has 0 fully saturated rings. The summed E-state index contributed by atoms with van der Waals surface area (Å²) in [7, 11) is 0. The predicted molar refractivity (Wildman–Crippen MR) is 131 cm³/mol. The van der Waals surface area contributed by atoms with Crippen molar-refractivity contribution in [1.82, 2.24) is 21.3 Å². The summed E-state index contributed by atoms with van der Waals surface area (Å²) in [6, 6.07) is -0.0500. The van der Waals surface area contributed by atoms with Gasteiger partial charge in [-0.25, -0.2) is 16.9 Å². The number of hydrogen-bond acceptors (Lipinski definition) is 3. The number of carbonyl (C=O) groups is 3. The van der Waals surface area contributed by atoms with Crippen LogP contribution in [-0.2, 0) is 9.59 Å². The number of nitrogens with one attached hydrogen (secondary N) is 4. The molecule has 0 aromatic carbocycles. The Kier molecular flexibility index (Phi) is 18.7. The summed E-state index contributed by atoms with van der Waals surface area (Å²) in [4.78, 5) is 35.2. The second-order valence-corrected chi connectivity index (χ2v) is 8.60. The SMILES string of the molecule is C=[C-]C(=C)CCCCNC(=O)NCCNC(=O)CCCCC(C)C(NC(C)=O)C(C)CC.[Es]. The second-order valence-electron chi connectivity index (χ2n) is 8.60. The van der Waals surface area contributed by atoms with Gasteiger partial charge in [-0.2, -0.15) is 6.58 Å². The maximum atomic E-state index is 12.0. The Balaban J connectivity index is 0. The van der Waals surface area contributed by atoms with Crippen molar-refractivity contribution in [2.24, 2.45) is 11.8 Å². The fraction of sp³-hybridized carbons (Fsp3) is 0.720. The van der Waals surface area contributed by atoms with Crippen molar-refractivity contribution in [1.29, 1.82) is 0 Å². The molecule has 3 atom stereocenters. The van der Waals surface area contributed by atoms with Gasteiger partial charge in [-0.05, 0) is 31.1 Å². The van der Waals surface area contributed by atoms with Gasteiger partial charge in [-0.3, -0.25) is 15.7 Å². The Morgan fingerprint density at radius 3 is 2.09 bits per heavy atom. The Labute approximate surface area is 195 Å². The van der Waals surface area contributed by atoms with Gasteiger partial charge in [0.2, 0.25) is 11.8 Å². The zero-order valence-corrected chi connectivity index (χ0v) is 23.5. The van der Waals surface area contributed by atoms with Gasteiger partial charge in [-0.15, -0.1) is 0 Å². The fourth-order valence-electron chi connectivity index (χ4n) is 3.55. The van der Waals surface area contributed by atoms with E-state index in [2.05, 4.69) is 61.3 Å². The number of carbonyl (C=O) groups excluding carboxylic acids is 3. The molecule has 0 rings (SSSR count). The zero-order valence-electron chi connectivity index (χ0n) is 21.0. The molecule has 4 N–H and O–H groups in total. The molecule has 0 aliphatic heterocycles. The molecule has 0 aliphatic rings. The van der Waals surface area contributed by atoms with E-state index in [1.807, 2.05) is 0 Å². The van der Waals surface area contributed by atoms with E-state index in [9.17, 15) is 14.4 Å². The van der Waals surface area contributed by atoms with Crippen LogP contribution < -0.4 is 21.3 Å². The van der Waals surface area contributed by atoms with E-state index in [1.54, 1.807) is 6.92 Å². The third-order valence-electron chi connectivity index (χ3n) is 5.73. The molecule has 0 aromatic rings. The summed E-state index contributed by atoms with van der Waals surface area (Å²) in [6.45, 7) is 16.8. The third-order valence-corrected chi connectivity index (χ3v) is 5.73. The topological polar surface area (TPSA) is 99.3 Å². The van der Waals surface area contributed by atoms with E-state index >= 15 is 0 Å².